The van der Waals surface area contributed by atoms with Gasteiger partial charge in [0.25, 0.3) is 20.0 Å². The molecule has 0 aliphatic carbocycles. The first kappa shape index (κ1) is 23.5. The van der Waals surface area contributed by atoms with Crippen molar-refractivity contribution < 1.29 is 30.0 Å². The molecule has 0 fully saturated rings. The van der Waals surface area contributed by atoms with Crippen LogP contribution >= 0.6 is 0 Å². The highest BCUT2D eigenvalue weighted by molar-refractivity contribution is 7.93. The normalized spacial score (nSPS) is 12.4. The van der Waals surface area contributed by atoms with Gasteiger partial charge in [-0.1, -0.05) is 24.3 Å². The first-order chi connectivity index (χ1) is 16.0. The van der Waals surface area contributed by atoms with E-state index in [-0.39, 0.29) is 26.7 Å². The smallest absolute Gasteiger partial charge is 0.280 e. The van der Waals surface area contributed by atoms with Crippen LogP contribution in [0.1, 0.15) is 5.56 Å². The van der Waals surface area contributed by atoms with E-state index >= 15 is 0 Å². The van der Waals surface area contributed by atoms with E-state index in [0.29, 0.717) is 17.5 Å². The van der Waals surface area contributed by atoms with Crippen LogP contribution in [0.2, 0.25) is 0 Å². The lowest BCUT2D eigenvalue weighted by Gasteiger charge is -2.13. The van der Waals surface area contributed by atoms with E-state index in [1.807, 2.05) is 0 Å². The lowest BCUT2D eigenvalue weighted by molar-refractivity contribution is -0.137. The van der Waals surface area contributed by atoms with Gasteiger partial charge in [0.2, 0.25) is 0 Å². The number of rotatable bonds is 6. The number of alkyl halides is 3. The second kappa shape index (κ2) is 8.61. The summed E-state index contributed by atoms with van der Waals surface area (Å²) in [6.07, 6.45) is -3.13. The molecule has 1 heterocycles. The second-order valence-electron chi connectivity index (χ2n) is 7.15. The van der Waals surface area contributed by atoms with Gasteiger partial charge < -0.3 is 0 Å². The van der Waals surface area contributed by atoms with Crippen LogP contribution in [0.5, 0.6) is 0 Å². The van der Waals surface area contributed by atoms with E-state index < -0.39 is 31.8 Å². The minimum atomic E-state index is -4.60. The maximum Gasteiger partial charge on any atom is 0.416 e. The molecule has 3 aromatic carbocycles. The number of aromatic nitrogens is 1. The van der Waals surface area contributed by atoms with Crippen LogP contribution < -0.4 is 9.44 Å². The molecule has 0 unspecified atom stereocenters. The molecule has 176 valence electrons. The van der Waals surface area contributed by atoms with Crippen LogP contribution in [0, 0.1) is 0 Å². The largest absolute Gasteiger partial charge is 0.416 e. The van der Waals surface area contributed by atoms with E-state index in [0.717, 1.165) is 12.1 Å². The van der Waals surface area contributed by atoms with Gasteiger partial charge in [0.05, 0.1) is 27.4 Å². The van der Waals surface area contributed by atoms with Gasteiger partial charge in [-0.3, -0.25) is 14.4 Å². The molecular weight excluding hydrogens is 491 g/mol. The van der Waals surface area contributed by atoms with Crippen molar-refractivity contribution in [3.8, 4) is 0 Å². The molecule has 0 aliphatic heterocycles. The van der Waals surface area contributed by atoms with Gasteiger partial charge in [0.15, 0.2) is 0 Å². The summed E-state index contributed by atoms with van der Waals surface area (Å²) in [5.74, 6) is 0. The Kier molecular flexibility index (Phi) is 5.96. The lowest BCUT2D eigenvalue weighted by Crippen LogP contribution is -2.15. The van der Waals surface area contributed by atoms with Crippen molar-refractivity contribution in [2.45, 2.75) is 16.0 Å². The summed E-state index contributed by atoms with van der Waals surface area (Å²) in [5, 5.41) is 0.628. The zero-order chi connectivity index (χ0) is 24.6. The van der Waals surface area contributed by atoms with Crippen molar-refractivity contribution in [3.05, 3.63) is 90.6 Å². The first-order valence-electron chi connectivity index (χ1n) is 9.62. The molecule has 7 nitrogen and oxygen atoms in total. The zero-order valence-corrected chi connectivity index (χ0v) is 18.7. The van der Waals surface area contributed by atoms with E-state index in [4.69, 9.17) is 0 Å². The highest BCUT2D eigenvalue weighted by Gasteiger charge is 2.30. The van der Waals surface area contributed by atoms with E-state index in [2.05, 4.69) is 14.4 Å². The van der Waals surface area contributed by atoms with Crippen LogP contribution in [-0.4, -0.2) is 21.8 Å². The summed E-state index contributed by atoms with van der Waals surface area (Å²) < 4.78 is 93.9. The Morgan fingerprint density at radius 3 is 1.94 bits per heavy atom. The number of hydrogen-bond donors (Lipinski definition) is 2. The summed E-state index contributed by atoms with van der Waals surface area (Å²) in [7, 11) is -8.29. The SMILES string of the molecule is O=S(=O)(Nc1cccc(NS(=O)(=O)c2cccc3cccnc23)c1)c1ccc(C(F)(F)F)cc1. The first-order valence-corrected chi connectivity index (χ1v) is 12.6. The third-order valence-electron chi connectivity index (χ3n) is 4.74. The Balaban J connectivity index is 1.58. The number of hydrogen-bond acceptors (Lipinski definition) is 5. The van der Waals surface area contributed by atoms with E-state index in [1.165, 1.54) is 36.5 Å². The number of nitrogens with zero attached hydrogens (tertiary/aromatic N) is 1. The molecule has 4 rings (SSSR count). The van der Waals surface area contributed by atoms with Crippen molar-refractivity contribution in [1.29, 1.82) is 0 Å². The van der Waals surface area contributed by atoms with Gasteiger partial charge in [-0.15, -0.1) is 0 Å². The maximum absolute atomic E-state index is 13.0. The molecule has 0 radical (unpaired) electrons. The third-order valence-corrected chi connectivity index (χ3v) is 7.55. The van der Waals surface area contributed by atoms with Crippen molar-refractivity contribution in [2.24, 2.45) is 0 Å². The van der Waals surface area contributed by atoms with Crippen molar-refractivity contribution in [1.82, 2.24) is 4.98 Å². The molecule has 0 atom stereocenters. The fraction of sp³-hybridized carbons (Fsp3) is 0.0455. The van der Waals surface area contributed by atoms with Crippen LogP contribution in [0.3, 0.4) is 0 Å². The number of anilines is 2. The molecule has 0 saturated carbocycles. The minimum absolute atomic E-state index is 0.0103. The number of sulfonamides is 2. The van der Waals surface area contributed by atoms with Gasteiger partial charge in [0.1, 0.15) is 4.90 Å². The number of halogens is 3. The third kappa shape index (κ3) is 4.97. The number of pyridine rings is 1. The number of nitrogens with one attached hydrogen (secondary N) is 2. The number of para-hydroxylation sites is 1. The summed E-state index contributed by atoms with van der Waals surface area (Å²) in [4.78, 5) is 3.69. The monoisotopic (exact) mass is 507 g/mol. The summed E-state index contributed by atoms with van der Waals surface area (Å²) in [5.41, 5.74) is -0.626. The lowest BCUT2D eigenvalue weighted by atomic mass is 10.2. The van der Waals surface area contributed by atoms with Gasteiger partial charge in [-0.05, 0) is 54.6 Å². The summed E-state index contributed by atoms with van der Waals surface area (Å²) in [6, 6.07) is 16.6. The Morgan fingerprint density at radius 1 is 0.706 bits per heavy atom. The van der Waals surface area contributed by atoms with Crippen molar-refractivity contribution in [3.63, 3.8) is 0 Å². The molecule has 2 N–H and O–H groups in total. The maximum atomic E-state index is 13.0. The second-order valence-corrected chi connectivity index (χ2v) is 10.5. The predicted molar refractivity (Wildman–Crippen MR) is 121 cm³/mol. The zero-order valence-electron chi connectivity index (χ0n) is 17.1. The summed E-state index contributed by atoms with van der Waals surface area (Å²) >= 11 is 0. The number of fused-ring (bicyclic) bond motifs is 1. The van der Waals surface area contributed by atoms with Crippen LogP contribution in [0.4, 0.5) is 24.5 Å². The fourth-order valence-corrected chi connectivity index (χ4v) is 5.47. The highest BCUT2D eigenvalue weighted by Crippen LogP contribution is 2.30. The highest BCUT2D eigenvalue weighted by atomic mass is 32.2. The van der Waals surface area contributed by atoms with E-state index in [9.17, 15) is 30.0 Å². The minimum Gasteiger partial charge on any atom is -0.280 e. The van der Waals surface area contributed by atoms with Gasteiger partial charge in [-0.2, -0.15) is 13.2 Å². The molecular formula is C22H16F3N3O4S2. The number of benzene rings is 3. The molecule has 0 amide bonds. The van der Waals surface area contributed by atoms with Crippen LogP contribution in [-0.2, 0) is 26.2 Å². The van der Waals surface area contributed by atoms with Gasteiger partial charge in [-0.25, -0.2) is 16.8 Å². The quantitative estimate of drug-likeness (QED) is 0.388. The predicted octanol–water partition coefficient (Wildman–Crippen LogP) is 4.86. The average Bonchev–Trinajstić information content (AvgIpc) is 2.78. The van der Waals surface area contributed by atoms with Crippen LogP contribution in [0.25, 0.3) is 10.9 Å². The molecule has 1 aromatic heterocycles. The van der Waals surface area contributed by atoms with Crippen LogP contribution in [0.15, 0.2) is 94.9 Å². The topological polar surface area (TPSA) is 105 Å². The van der Waals surface area contributed by atoms with Crippen molar-refractivity contribution >= 4 is 42.3 Å². The Hall–Kier alpha value is -3.64. The van der Waals surface area contributed by atoms with E-state index in [1.54, 1.807) is 24.3 Å². The molecule has 4 aromatic rings. The van der Waals surface area contributed by atoms with Gasteiger partial charge >= 0.3 is 6.18 Å². The Morgan fingerprint density at radius 2 is 1.29 bits per heavy atom. The van der Waals surface area contributed by atoms with Gasteiger partial charge in [0, 0.05) is 11.6 Å². The average molecular weight is 508 g/mol. The molecule has 12 heteroatoms. The van der Waals surface area contributed by atoms with Crippen molar-refractivity contribution in [2.75, 3.05) is 9.44 Å². The Labute approximate surface area is 193 Å². The molecule has 34 heavy (non-hydrogen) atoms. The molecule has 0 bridgehead atoms. The summed E-state index contributed by atoms with van der Waals surface area (Å²) in [6.45, 7) is 0. The fourth-order valence-electron chi connectivity index (χ4n) is 3.19. The Bertz CT molecular complexity index is 1570. The molecule has 0 aliphatic rings. The standard InChI is InChI=1S/C22H16F3N3O4S2/c23-22(24,25)16-9-11-19(12-10-16)33(29,30)27-17-6-2-7-18(14-17)28-34(31,32)20-8-1-4-15-5-3-13-26-21(15)20/h1-14,27-28H. The molecule has 0 spiro atoms. The molecule has 0 saturated heterocycles.